The summed E-state index contributed by atoms with van der Waals surface area (Å²) in [5.74, 6) is 0.671. The van der Waals surface area contributed by atoms with E-state index in [0.29, 0.717) is 5.95 Å². The summed E-state index contributed by atoms with van der Waals surface area (Å²) in [7, 11) is 0. The highest BCUT2D eigenvalue weighted by Crippen LogP contribution is 1.96. The van der Waals surface area contributed by atoms with Crippen molar-refractivity contribution in [3.05, 3.63) is 24.8 Å². The van der Waals surface area contributed by atoms with Crippen molar-refractivity contribution in [1.29, 1.82) is 0 Å². The van der Waals surface area contributed by atoms with E-state index in [1.807, 2.05) is 0 Å². The van der Waals surface area contributed by atoms with Gasteiger partial charge in [-0.15, -0.1) is 5.10 Å². The minimum atomic E-state index is 0.211. The van der Waals surface area contributed by atoms with Crippen LogP contribution in [0.1, 0.15) is 0 Å². The lowest BCUT2D eigenvalue weighted by molar-refractivity contribution is 0.809. The Kier molecular flexibility index (Phi) is 1.44. The molecule has 0 aliphatic rings. The third-order valence-electron chi connectivity index (χ3n) is 1.27. The molecular weight excluding hydrogens is 156 g/mol. The van der Waals surface area contributed by atoms with E-state index in [2.05, 4.69) is 20.1 Å². The second-order valence-corrected chi connectivity index (χ2v) is 2.10. The van der Waals surface area contributed by atoms with Crippen LogP contribution in [0.4, 0.5) is 5.95 Å². The molecule has 60 valence electrons. The van der Waals surface area contributed by atoms with Crippen LogP contribution >= 0.6 is 0 Å². The standard InChI is InChI=1S/C6H6N6/c7-5-10-4-12(11-5)6-8-2-1-3-9-6/h1-4H,(H2,7,11). The number of nitrogens with zero attached hydrogens (tertiary/aromatic N) is 5. The first-order valence-electron chi connectivity index (χ1n) is 3.31. The normalized spacial score (nSPS) is 10.0. The molecule has 2 aromatic heterocycles. The van der Waals surface area contributed by atoms with Crippen LogP contribution in [-0.4, -0.2) is 24.7 Å². The van der Waals surface area contributed by atoms with Gasteiger partial charge in [-0.3, -0.25) is 0 Å². The summed E-state index contributed by atoms with van der Waals surface area (Å²) in [5, 5.41) is 3.84. The number of aromatic nitrogens is 5. The molecule has 2 rings (SSSR count). The van der Waals surface area contributed by atoms with Crippen LogP contribution in [0, 0.1) is 0 Å². The quantitative estimate of drug-likeness (QED) is 0.619. The third kappa shape index (κ3) is 1.09. The fraction of sp³-hybridized carbons (Fsp3) is 0. The van der Waals surface area contributed by atoms with Crippen LogP contribution in [0.15, 0.2) is 24.8 Å². The first-order chi connectivity index (χ1) is 5.86. The first-order valence-corrected chi connectivity index (χ1v) is 3.31. The topological polar surface area (TPSA) is 82.5 Å². The summed E-state index contributed by atoms with van der Waals surface area (Å²) >= 11 is 0. The van der Waals surface area contributed by atoms with Gasteiger partial charge >= 0.3 is 0 Å². The Balaban J connectivity index is 2.45. The van der Waals surface area contributed by atoms with E-state index in [0.717, 1.165) is 0 Å². The molecule has 0 fully saturated rings. The maximum Gasteiger partial charge on any atom is 0.252 e. The molecule has 0 spiro atoms. The number of hydrogen-bond acceptors (Lipinski definition) is 5. The van der Waals surface area contributed by atoms with Crippen molar-refractivity contribution in [2.45, 2.75) is 0 Å². The fourth-order valence-electron chi connectivity index (χ4n) is 0.782. The second-order valence-electron chi connectivity index (χ2n) is 2.10. The second kappa shape index (κ2) is 2.57. The molecule has 0 radical (unpaired) electrons. The van der Waals surface area contributed by atoms with Crippen LogP contribution in [-0.2, 0) is 0 Å². The minimum absolute atomic E-state index is 0.211. The highest BCUT2D eigenvalue weighted by Gasteiger charge is 1.99. The third-order valence-corrected chi connectivity index (χ3v) is 1.27. The minimum Gasteiger partial charge on any atom is -0.366 e. The van der Waals surface area contributed by atoms with E-state index in [-0.39, 0.29) is 5.95 Å². The van der Waals surface area contributed by atoms with Crippen molar-refractivity contribution in [3.63, 3.8) is 0 Å². The predicted molar refractivity (Wildman–Crippen MR) is 41.4 cm³/mol. The van der Waals surface area contributed by atoms with E-state index in [1.165, 1.54) is 11.0 Å². The lowest BCUT2D eigenvalue weighted by atomic mass is 10.7. The zero-order valence-corrected chi connectivity index (χ0v) is 6.12. The summed E-state index contributed by atoms with van der Waals surface area (Å²) in [6.07, 6.45) is 4.71. The van der Waals surface area contributed by atoms with E-state index in [9.17, 15) is 0 Å². The molecule has 2 aromatic rings. The lowest BCUT2D eigenvalue weighted by Gasteiger charge is -1.93. The van der Waals surface area contributed by atoms with Crippen LogP contribution < -0.4 is 5.73 Å². The molecular formula is C6H6N6. The van der Waals surface area contributed by atoms with Gasteiger partial charge in [-0.1, -0.05) is 0 Å². The van der Waals surface area contributed by atoms with Gasteiger partial charge in [0.15, 0.2) is 0 Å². The number of nitrogen functional groups attached to an aromatic ring is 1. The maximum absolute atomic E-state index is 5.32. The average molecular weight is 162 g/mol. The number of nitrogens with two attached hydrogens (primary N) is 1. The largest absolute Gasteiger partial charge is 0.366 e. The van der Waals surface area contributed by atoms with Gasteiger partial charge in [0.05, 0.1) is 0 Å². The van der Waals surface area contributed by atoms with Gasteiger partial charge in [-0.2, -0.15) is 4.68 Å². The van der Waals surface area contributed by atoms with Gasteiger partial charge in [0.2, 0.25) is 5.95 Å². The number of anilines is 1. The van der Waals surface area contributed by atoms with E-state index >= 15 is 0 Å². The van der Waals surface area contributed by atoms with E-state index < -0.39 is 0 Å². The van der Waals surface area contributed by atoms with Crippen molar-refractivity contribution in [2.24, 2.45) is 0 Å². The smallest absolute Gasteiger partial charge is 0.252 e. The number of hydrogen-bond donors (Lipinski definition) is 1. The van der Waals surface area contributed by atoms with Crippen molar-refractivity contribution in [3.8, 4) is 5.95 Å². The molecule has 0 bridgehead atoms. The predicted octanol–water partition coefficient (Wildman–Crippen LogP) is -0.361. The molecule has 0 aliphatic carbocycles. The lowest BCUT2D eigenvalue weighted by Crippen LogP contribution is -2.00. The molecule has 2 heterocycles. The Bertz CT molecular complexity index is 367. The van der Waals surface area contributed by atoms with Gasteiger partial charge in [0.1, 0.15) is 6.33 Å². The Morgan fingerprint density at radius 1 is 1.17 bits per heavy atom. The van der Waals surface area contributed by atoms with Gasteiger partial charge in [0, 0.05) is 12.4 Å². The van der Waals surface area contributed by atoms with Crippen molar-refractivity contribution in [2.75, 3.05) is 5.73 Å². The van der Waals surface area contributed by atoms with Gasteiger partial charge in [0.25, 0.3) is 5.95 Å². The van der Waals surface area contributed by atoms with Gasteiger partial charge in [-0.25, -0.2) is 15.0 Å². The Hall–Kier alpha value is -1.98. The molecule has 2 N–H and O–H groups in total. The molecule has 0 saturated carbocycles. The molecule has 0 aromatic carbocycles. The van der Waals surface area contributed by atoms with Crippen LogP contribution in [0.5, 0.6) is 0 Å². The molecule has 0 amide bonds. The summed E-state index contributed by atoms with van der Waals surface area (Å²) in [6, 6.07) is 1.73. The highest BCUT2D eigenvalue weighted by atomic mass is 15.4. The Morgan fingerprint density at radius 3 is 2.50 bits per heavy atom. The number of rotatable bonds is 1. The van der Waals surface area contributed by atoms with Crippen molar-refractivity contribution < 1.29 is 0 Å². The van der Waals surface area contributed by atoms with Crippen LogP contribution in [0.3, 0.4) is 0 Å². The van der Waals surface area contributed by atoms with Crippen molar-refractivity contribution in [1.82, 2.24) is 24.7 Å². The van der Waals surface area contributed by atoms with Crippen molar-refractivity contribution >= 4 is 5.95 Å². The van der Waals surface area contributed by atoms with Gasteiger partial charge < -0.3 is 5.73 Å². The summed E-state index contributed by atoms with van der Waals surface area (Å²) in [5.41, 5.74) is 5.32. The molecule has 0 aliphatic heterocycles. The molecule has 12 heavy (non-hydrogen) atoms. The monoisotopic (exact) mass is 162 g/mol. The van der Waals surface area contributed by atoms with Crippen LogP contribution in [0.2, 0.25) is 0 Å². The zero-order valence-electron chi connectivity index (χ0n) is 6.12. The molecule has 6 nitrogen and oxygen atoms in total. The maximum atomic E-state index is 5.32. The molecule has 0 saturated heterocycles. The summed E-state index contributed by atoms with van der Waals surface area (Å²) in [4.78, 5) is 11.7. The molecule has 0 atom stereocenters. The summed E-state index contributed by atoms with van der Waals surface area (Å²) in [6.45, 7) is 0. The Labute approximate surface area is 68.1 Å². The zero-order chi connectivity index (χ0) is 8.39. The highest BCUT2D eigenvalue weighted by molar-refractivity contribution is 5.15. The summed E-state index contributed by atoms with van der Waals surface area (Å²) < 4.78 is 1.41. The average Bonchev–Trinajstić information content (AvgIpc) is 2.54. The first kappa shape index (κ1) is 6.71. The molecule has 6 heteroatoms. The fourth-order valence-corrected chi connectivity index (χ4v) is 0.782. The SMILES string of the molecule is Nc1ncn(-c2ncccn2)n1. The van der Waals surface area contributed by atoms with Crippen LogP contribution in [0.25, 0.3) is 5.95 Å². The Morgan fingerprint density at radius 2 is 1.92 bits per heavy atom. The molecule has 0 unspecified atom stereocenters. The van der Waals surface area contributed by atoms with Gasteiger partial charge in [-0.05, 0) is 6.07 Å². The van der Waals surface area contributed by atoms with E-state index in [1.54, 1.807) is 18.5 Å². The van der Waals surface area contributed by atoms with E-state index in [4.69, 9.17) is 5.73 Å².